The molecule has 1 rings (SSSR count). The van der Waals surface area contributed by atoms with Crippen molar-refractivity contribution in [2.75, 3.05) is 6.61 Å². The van der Waals surface area contributed by atoms with Crippen LogP contribution in [0.5, 0.6) is 0 Å². The van der Waals surface area contributed by atoms with E-state index in [9.17, 15) is 9.90 Å². The van der Waals surface area contributed by atoms with Crippen molar-refractivity contribution >= 4 is 5.78 Å². The number of aliphatic hydroxyl groups excluding tert-OH is 1. The van der Waals surface area contributed by atoms with Crippen molar-refractivity contribution in [1.29, 1.82) is 0 Å². The lowest BCUT2D eigenvalue weighted by molar-refractivity contribution is -0.118. The van der Waals surface area contributed by atoms with Gasteiger partial charge in [0, 0.05) is 11.8 Å². The fourth-order valence-corrected chi connectivity index (χ4v) is 1.60. The summed E-state index contributed by atoms with van der Waals surface area (Å²) in [6, 6.07) is 0. The third-order valence-electron chi connectivity index (χ3n) is 2.63. The molecule has 0 aromatic carbocycles. The molecule has 0 aliphatic heterocycles. The summed E-state index contributed by atoms with van der Waals surface area (Å²) in [6.07, 6.45) is 8.34. The van der Waals surface area contributed by atoms with Crippen LogP contribution < -0.4 is 0 Å². The quantitative estimate of drug-likeness (QED) is 0.717. The molecule has 0 saturated carbocycles. The Balaban J connectivity index is 2.76. The van der Waals surface area contributed by atoms with Crippen LogP contribution in [0, 0.1) is 11.3 Å². The topological polar surface area (TPSA) is 37.3 Å². The van der Waals surface area contributed by atoms with Crippen LogP contribution >= 0.6 is 0 Å². The minimum Gasteiger partial charge on any atom is -0.395 e. The van der Waals surface area contributed by atoms with E-state index < -0.39 is 0 Å². The van der Waals surface area contributed by atoms with Crippen LogP contribution in [0.25, 0.3) is 0 Å². The Kier molecular flexibility index (Phi) is 3.04. The third kappa shape index (κ3) is 2.28. The van der Waals surface area contributed by atoms with Gasteiger partial charge >= 0.3 is 0 Å². The Morgan fingerprint density at radius 3 is 2.77 bits per heavy atom. The second-order valence-corrected chi connectivity index (χ2v) is 3.92. The molecule has 2 heteroatoms. The highest BCUT2D eigenvalue weighted by Gasteiger charge is 2.31. The van der Waals surface area contributed by atoms with Gasteiger partial charge in [0.1, 0.15) is 5.78 Å². The molecule has 2 nitrogen and oxygen atoms in total. The molecule has 2 unspecified atom stereocenters. The van der Waals surface area contributed by atoms with Gasteiger partial charge in [0.05, 0.1) is 6.61 Å². The van der Waals surface area contributed by atoms with Crippen molar-refractivity contribution in [2.24, 2.45) is 11.3 Å². The second-order valence-electron chi connectivity index (χ2n) is 3.92. The molecule has 0 spiro atoms. The first-order chi connectivity index (χ1) is 6.08. The number of aliphatic hydroxyl groups is 1. The van der Waals surface area contributed by atoms with E-state index in [0.29, 0.717) is 6.42 Å². The number of carbonyl (C=O) groups is 1. The SMILES string of the molecule is CC(=O)CC1C=CC=CC1(C)CO. The second kappa shape index (κ2) is 3.88. The number of carbonyl (C=O) groups excluding carboxylic acids is 1. The van der Waals surface area contributed by atoms with Crippen molar-refractivity contribution in [3.8, 4) is 0 Å². The van der Waals surface area contributed by atoms with E-state index >= 15 is 0 Å². The molecule has 0 saturated heterocycles. The fourth-order valence-electron chi connectivity index (χ4n) is 1.60. The Bertz CT molecular complexity index is 253. The summed E-state index contributed by atoms with van der Waals surface area (Å²) in [7, 11) is 0. The smallest absolute Gasteiger partial charge is 0.130 e. The molecule has 1 N–H and O–H groups in total. The van der Waals surface area contributed by atoms with Crippen molar-refractivity contribution in [1.82, 2.24) is 0 Å². The molecule has 72 valence electrons. The molecule has 0 bridgehead atoms. The summed E-state index contributed by atoms with van der Waals surface area (Å²) in [5.41, 5.74) is -0.263. The number of rotatable bonds is 3. The summed E-state index contributed by atoms with van der Waals surface area (Å²) in [5, 5.41) is 9.24. The molecular weight excluding hydrogens is 164 g/mol. The van der Waals surface area contributed by atoms with E-state index in [-0.39, 0.29) is 23.7 Å². The first-order valence-electron chi connectivity index (χ1n) is 4.55. The monoisotopic (exact) mass is 180 g/mol. The molecule has 1 aliphatic rings. The lowest BCUT2D eigenvalue weighted by Crippen LogP contribution is -2.30. The zero-order chi connectivity index (χ0) is 9.90. The molecule has 0 radical (unpaired) electrons. The number of Topliss-reactive ketones (excluding diaryl/α,β-unsaturated/α-hetero) is 1. The molecule has 0 fully saturated rings. The average molecular weight is 180 g/mol. The maximum Gasteiger partial charge on any atom is 0.130 e. The first kappa shape index (κ1) is 10.2. The minimum absolute atomic E-state index is 0.0891. The Morgan fingerprint density at radius 2 is 2.23 bits per heavy atom. The molecule has 0 aromatic heterocycles. The summed E-state index contributed by atoms with van der Waals surface area (Å²) < 4.78 is 0. The molecule has 1 aliphatic carbocycles. The predicted molar refractivity (Wildman–Crippen MR) is 52.3 cm³/mol. The maximum atomic E-state index is 11.0. The molecule has 2 atom stereocenters. The van der Waals surface area contributed by atoms with Crippen LogP contribution in [0.15, 0.2) is 24.3 Å². The lowest BCUT2D eigenvalue weighted by atomic mass is 9.73. The summed E-state index contributed by atoms with van der Waals surface area (Å²) in [5.74, 6) is 0.310. The van der Waals surface area contributed by atoms with Crippen molar-refractivity contribution in [2.45, 2.75) is 20.3 Å². The zero-order valence-electron chi connectivity index (χ0n) is 8.16. The van der Waals surface area contributed by atoms with E-state index in [1.165, 1.54) is 0 Å². The van der Waals surface area contributed by atoms with Crippen molar-refractivity contribution in [3.05, 3.63) is 24.3 Å². The maximum absolute atomic E-state index is 11.0. The van der Waals surface area contributed by atoms with Crippen LogP contribution in [0.4, 0.5) is 0 Å². The molecule has 0 heterocycles. The molecule has 0 aromatic rings. The highest BCUT2D eigenvalue weighted by Crippen LogP contribution is 2.34. The Morgan fingerprint density at radius 1 is 1.54 bits per heavy atom. The molecule has 13 heavy (non-hydrogen) atoms. The number of hydrogen-bond donors (Lipinski definition) is 1. The van der Waals surface area contributed by atoms with Crippen LogP contribution in [0.2, 0.25) is 0 Å². The summed E-state index contributed by atoms with van der Waals surface area (Å²) >= 11 is 0. The van der Waals surface area contributed by atoms with Gasteiger partial charge in [-0.2, -0.15) is 0 Å². The van der Waals surface area contributed by atoms with Crippen molar-refractivity contribution < 1.29 is 9.90 Å². The van der Waals surface area contributed by atoms with Crippen molar-refractivity contribution in [3.63, 3.8) is 0 Å². The van der Waals surface area contributed by atoms with Gasteiger partial charge < -0.3 is 9.90 Å². The molecular formula is C11H16O2. The Hall–Kier alpha value is -0.890. The highest BCUT2D eigenvalue weighted by atomic mass is 16.3. The van der Waals surface area contributed by atoms with Gasteiger partial charge in [-0.05, 0) is 12.8 Å². The van der Waals surface area contributed by atoms with Gasteiger partial charge in [0.25, 0.3) is 0 Å². The summed E-state index contributed by atoms with van der Waals surface area (Å²) in [4.78, 5) is 11.0. The average Bonchev–Trinajstić information content (AvgIpc) is 2.09. The van der Waals surface area contributed by atoms with E-state index in [4.69, 9.17) is 0 Å². The van der Waals surface area contributed by atoms with Gasteiger partial charge in [0.2, 0.25) is 0 Å². The largest absolute Gasteiger partial charge is 0.395 e. The van der Waals surface area contributed by atoms with Crippen LogP contribution in [0.3, 0.4) is 0 Å². The highest BCUT2D eigenvalue weighted by molar-refractivity contribution is 5.76. The van der Waals surface area contributed by atoms with E-state index in [2.05, 4.69) is 0 Å². The van der Waals surface area contributed by atoms with Gasteiger partial charge in [-0.1, -0.05) is 31.2 Å². The number of hydrogen-bond acceptors (Lipinski definition) is 2. The predicted octanol–water partition coefficient (Wildman–Crippen LogP) is 1.71. The van der Waals surface area contributed by atoms with E-state index in [0.717, 1.165) is 0 Å². The third-order valence-corrected chi connectivity index (χ3v) is 2.63. The van der Waals surface area contributed by atoms with Gasteiger partial charge in [0.15, 0.2) is 0 Å². The van der Waals surface area contributed by atoms with Gasteiger partial charge in [-0.3, -0.25) is 0 Å². The van der Waals surface area contributed by atoms with Crippen LogP contribution in [-0.4, -0.2) is 17.5 Å². The summed E-state index contributed by atoms with van der Waals surface area (Å²) in [6.45, 7) is 3.65. The van der Waals surface area contributed by atoms with Crippen LogP contribution in [0.1, 0.15) is 20.3 Å². The minimum atomic E-state index is -0.263. The number of allylic oxidation sites excluding steroid dienone is 3. The van der Waals surface area contributed by atoms with Crippen LogP contribution in [-0.2, 0) is 4.79 Å². The van der Waals surface area contributed by atoms with E-state index in [1.54, 1.807) is 6.92 Å². The lowest BCUT2D eigenvalue weighted by Gasteiger charge is -2.32. The fraction of sp³-hybridized carbons (Fsp3) is 0.545. The van der Waals surface area contributed by atoms with E-state index in [1.807, 2.05) is 31.2 Å². The zero-order valence-corrected chi connectivity index (χ0v) is 8.16. The Labute approximate surface area is 79.0 Å². The standard InChI is InChI=1S/C11H16O2/c1-9(13)7-10-5-3-4-6-11(10,2)8-12/h3-6,10,12H,7-8H2,1-2H3. The van der Waals surface area contributed by atoms with Gasteiger partial charge in [-0.15, -0.1) is 0 Å². The first-order valence-corrected chi connectivity index (χ1v) is 4.55. The van der Waals surface area contributed by atoms with Gasteiger partial charge in [-0.25, -0.2) is 0 Å². The normalized spacial score (nSPS) is 32.1. The number of ketones is 1. The molecule has 0 amide bonds.